The molecule has 0 aliphatic heterocycles. The molecule has 59 heavy (non-hydrogen) atoms. The molecule has 1 aliphatic carbocycles. The third-order valence-electron chi connectivity index (χ3n) is 12.3. The van der Waals surface area contributed by atoms with E-state index in [0.29, 0.717) is 5.82 Å². The van der Waals surface area contributed by atoms with Gasteiger partial charge in [-0.3, -0.25) is 0 Å². The highest BCUT2D eigenvalue weighted by molar-refractivity contribution is 6.07. The Bertz CT molecular complexity index is 3480. The van der Waals surface area contributed by atoms with Gasteiger partial charge in [-0.05, 0) is 117 Å². The molecule has 0 N–H and O–H groups in total. The Kier molecular flexibility index (Phi) is 7.24. The number of rotatable bonds is 5. The van der Waals surface area contributed by atoms with Gasteiger partial charge in [-0.15, -0.1) is 0 Å². The van der Waals surface area contributed by atoms with Crippen LogP contribution in [-0.4, -0.2) is 9.97 Å². The van der Waals surface area contributed by atoms with Crippen LogP contribution in [0.15, 0.2) is 191 Å². The summed E-state index contributed by atoms with van der Waals surface area (Å²) in [7, 11) is 0. The van der Waals surface area contributed by atoms with E-state index in [-0.39, 0.29) is 5.41 Å². The average Bonchev–Trinajstić information content (AvgIpc) is 3.93. The predicted octanol–water partition coefficient (Wildman–Crippen LogP) is 14.9. The second kappa shape index (κ2) is 12.7. The molecule has 0 fully saturated rings. The highest BCUT2D eigenvalue weighted by Gasteiger charge is 2.35. The lowest BCUT2D eigenvalue weighted by molar-refractivity contribution is 0.660. The maximum atomic E-state index is 6.23. The molecule has 12 rings (SSSR count). The van der Waals surface area contributed by atoms with Gasteiger partial charge in [0.2, 0.25) is 0 Å². The molecular weight excluding hydrogens is 721 g/mol. The van der Waals surface area contributed by atoms with Crippen LogP contribution in [0.5, 0.6) is 0 Å². The number of fused-ring (bicyclic) bond motifs is 9. The fraction of sp³-hybridized carbons (Fsp3) is 0.0545. The zero-order chi connectivity index (χ0) is 39.2. The van der Waals surface area contributed by atoms with Crippen molar-refractivity contribution in [1.82, 2.24) is 9.97 Å². The average molecular weight is 757 g/mol. The van der Waals surface area contributed by atoms with Crippen LogP contribution in [-0.2, 0) is 5.41 Å². The van der Waals surface area contributed by atoms with Crippen molar-refractivity contribution in [3.05, 3.63) is 193 Å². The van der Waals surface area contributed by atoms with E-state index in [1.807, 2.05) is 30.3 Å². The first-order valence-electron chi connectivity index (χ1n) is 20.1. The van der Waals surface area contributed by atoms with Crippen LogP contribution in [0.3, 0.4) is 0 Å². The maximum absolute atomic E-state index is 6.23. The normalized spacial score (nSPS) is 13.1. The van der Waals surface area contributed by atoms with Crippen LogP contribution in [0.25, 0.3) is 111 Å². The second-order valence-electron chi connectivity index (χ2n) is 16.2. The van der Waals surface area contributed by atoms with E-state index in [1.54, 1.807) is 0 Å². The summed E-state index contributed by atoms with van der Waals surface area (Å²) in [5.41, 5.74) is 17.7. The summed E-state index contributed by atoms with van der Waals surface area (Å²) in [4.78, 5) is 10.8. The minimum absolute atomic E-state index is 0.145. The first-order valence-corrected chi connectivity index (χ1v) is 20.1. The molecule has 278 valence electrons. The van der Waals surface area contributed by atoms with E-state index >= 15 is 0 Å². The Morgan fingerprint density at radius 1 is 0.339 bits per heavy atom. The highest BCUT2D eigenvalue weighted by Crippen LogP contribution is 2.49. The lowest BCUT2D eigenvalue weighted by atomic mass is 9.82. The van der Waals surface area contributed by atoms with Crippen molar-refractivity contribution < 1.29 is 8.83 Å². The standard InChI is InChI=1S/C55H36N2O2/c1-55(2)46-17-9-6-14-40(46)41-23-20-35(31-47(41)55)48-32-49(57-54(56-48)36-22-25-53-45(30-36)43-16-8-11-19-51(43)59-53)39-27-37(33-12-4-3-5-13-33)26-38(28-39)34-21-24-52-44(29-34)42-15-7-10-18-50(42)58-52/h3-32H,1-2H3. The number of aromatic nitrogens is 2. The van der Waals surface area contributed by atoms with Crippen LogP contribution in [0.1, 0.15) is 25.0 Å². The SMILES string of the molecule is CC1(C)c2ccccc2-c2ccc(-c3cc(-c4cc(-c5ccccc5)cc(-c5ccc6oc7ccccc7c6c5)c4)nc(-c4ccc5oc6ccccc6c5c4)n3)cc21. The minimum atomic E-state index is -0.145. The van der Waals surface area contributed by atoms with E-state index in [2.05, 4.69) is 166 Å². The molecule has 11 aromatic rings. The molecule has 8 aromatic carbocycles. The summed E-state index contributed by atoms with van der Waals surface area (Å²) < 4.78 is 12.4. The van der Waals surface area contributed by atoms with Crippen molar-refractivity contribution in [2.45, 2.75) is 19.3 Å². The smallest absolute Gasteiger partial charge is 0.160 e. The lowest BCUT2D eigenvalue weighted by Crippen LogP contribution is -2.14. The largest absolute Gasteiger partial charge is 0.456 e. The lowest BCUT2D eigenvalue weighted by Gasteiger charge is -2.22. The number of hydrogen-bond acceptors (Lipinski definition) is 4. The van der Waals surface area contributed by atoms with E-state index < -0.39 is 0 Å². The predicted molar refractivity (Wildman–Crippen MR) is 241 cm³/mol. The third kappa shape index (κ3) is 5.37. The van der Waals surface area contributed by atoms with Crippen LogP contribution in [0.2, 0.25) is 0 Å². The number of benzene rings is 8. The molecule has 0 bridgehead atoms. The van der Waals surface area contributed by atoms with Gasteiger partial charge in [-0.25, -0.2) is 9.97 Å². The van der Waals surface area contributed by atoms with Crippen molar-refractivity contribution in [1.29, 1.82) is 0 Å². The topological polar surface area (TPSA) is 52.1 Å². The Hall–Kier alpha value is -7.56. The molecule has 0 saturated carbocycles. The monoisotopic (exact) mass is 756 g/mol. The third-order valence-corrected chi connectivity index (χ3v) is 12.3. The fourth-order valence-electron chi connectivity index (χ4n) is 9.25. The van der Waals surface area contributed by atoms with Crippen LogP contribution in [0, 0.1) is 0 Å². The van der Waals surface area contributed by atoms with Gasteiger partial charge in [0.15, 0.2) is 5.82 Å². The van der Waals surface area contributed by atoms with Gasteiger partial charge in [0.1, 0.15) is 22.3 Å². The Morgan fingerprint density at radius 3 is 1.59 bits per heavy atom. The molecular formula is C55H36N2O2. The first kappa shape index (κ1) is 33.6. The zero-order valence-corrected chi connectivity index (χ0v) is 32.5. The number of hydrogen-bond donors (Lipinski definition) is 0. The van der Waals surface area contributed by atoms with Gasteiger partial charge in [0, 0.05) is 43.7 Å². The van der Waals surface area contributed by atoms with Crippen molar-refractivity contribution in [3.8, 4) is 67.3 Å². The summed E-state index contributed by atoms with van der Waals surface area (Å²) in [6.45, 7) is 4.64. The molecule has 3 heterocycles. The van der Waals surface area contributed by atoms with E-state index in [1.165, 1.54) is 22.3 Å². The van der Waals surface area contributed by atoms with Gasteiger partial charge < -0.3 is 8.83 Å². The van der Waals surface area contributed by atoms with Gasteiger partial charge >= 0.3 is 0 Å². The van der Waals surface area contributed by atoms with Crippen molar-refractivity contribution in [2.24, 2.45) is 0 Å². The van der Waals surface area contributed by atoms with E-state index in [0.717, 1.165) is 94.2 Å². The molecule has 0 saturated heterocycles. The van der Waals surface area contributed by atoms with E-state index in [9.17, 15) is 0 Å². The molecule has 0 spiro atoms. The summed E-state index contributed by atoms with van der Waals surface area (Å²) in [6.07, 6.45) is 0. The second-order valence-corrected chi connectivity index (χ2v) is 16.2. The summed E-state index contributed by atoms with van der Waals surface area (Å²) >= 11 is 0. The minimum Gasteiger partial charge on any atom is -0.456 e. The quantitative estimate of drug-likeness (QED) is 0.175. The molecule has 4 nitrogen and oxygen atoms in total. The van der Waals surface area contributed by atoms with Gasteiger partial charge in [0.25, 0.3) is 0 Å². The summed E-state index contributed by atoms with van der Waals surface area (Å²) in [5, 5.41) is 4.32. The fourth-order valence-corrected chi connectivity index (χ4v) is 9.25. The Morgan fingerprint density at radius 2 is 0.864 bits per heavy atom. The highest BCUT2D eigenvalue weighted by atomic mass is 16.3. The van der Waals surface area contributed by atoms with Gasteiger partial charge in [-0.2, -0.15) is 0 Å². The van der Waals surface area contributed by atoms with Gasteiger partial charge in [0.05, 0.1) is 11.4 Å². The maximum Gasteiger partial charge on any atom is 0.160 e. The van der Waals surface area contributed by atoms with Crippen molar-refractivity contribution in [2.75, 3.05) is 0 Å². The summed E-state index contributed by atoms with van der Waals surface area (Å²) in [5.74, 6) is 0.658. The number of nitrogens with zero attached hydrogens (tertiary/aromatic N) is 2. The van der Waals surface area contributed by atoms with Crippen LogP contribution >= 0.6 is 0 Å². The molecule has 0 radical (unpaired) electrons. The van der Waals surface area contributed by atoms with Crippen LogP contribution < -0.4 is 0 Å². The Balaban J connectivity index is 1.08. The molecule has 0 unspecified atom stereocenters. The van der Waals surface area contributed by atoms with Gasteiger partial charge in [-0.1, -0.05) is 123 Å². The Labute approximate surface area is 341 Å². The molecule has 1 aliphatic rings. The molecule has 0 atom stereocenters. The molecule has 3 aromatic heterocycles. The molecule has 0 amide bonds. The summed E-state index contributed by atoms with van der Waals surface area (Å²) in [6, 6.07) is 64.4. The number of furan rings is 2. The van der Waals surface area contributed by atoms with Crippen LogP contribution in [0.4, 0.5) is 0 Å². The molecule has 4 heteroatoms. The van der Waals surface area contributed by atoms with Crippen molar-refractivity contribution in [3.63, 3.8) is 0 Å². The van der Waals surface area contributed by atoms with E-state index in [4.69, 9.17) is 18.8 Å². The zero-order valence-electron chi connectivity index (χ0n) is 32.5. The first-order chi connectivity index (χ1) is 28.9. The van der Waals surface area contributed by atoms with Crippen molar-refractivity contribution >= 4 is 43.9 Å². The number of para-hydroxylation sites is 2.